The van der Waals surface area contributed by atoms with E-state index in [2.05, 4.69) is 10.3 Å². The zero-order valence-electron chi connectivity index (χ0n) is 5.48. The molecule has 3 nitrogen and oxygen atoms in total. The van der Waals surface area contributed by atoms with Crippen molar-refractivity contribution in [1.82, 2.24) is 10.3 Å². The summed E-state index contributed by atoms with van der Waals surface area (Å²) in [6.07, 6.45) is 2.75. The van der Waals surface area contributed by atoms with E-state index in [0.717, 1.165) is 24.2 Å². The van der Waals surface area contributed by atoms with Crippen LogP contribution in [0.15, 0.2) is 12.3 Å². The van der Waals surface area contributed by atoms with Crippen molar-refractivity contribution in [3.63, 3.8) is 0 Å². The van der Waals surface area contributed by atoms with Crippen LogP contribution in [0.5, 0.6) is 0 Å². The van der Waals surface area contributed by atoms with E-state index in [4.69, 9.17) is 0 Å². The van der Waals surface area contributed by atoms with E-state index in [1.165, 1.54) is 0 Å². The first-order valence-corrected chi connectivity index (χ1v) is 3.32. The number of H-pyrrole nitrogens is 1. The SMILES string of the molecule is O=C1NCCc2cc[nH]c21. The molecule has 0 radical (unpaired) electrons. The number of hydrogen-bond donors (Lipinski definition) is 2. The average molecular weight is 136 g/mol. The number of amides is 1. The molecule has 2 heterocycles. The number of rotatable bonds is 0. The van der Waals surface area contributed by atoms with Crippen LogP contribution >= 0.6 is 0 Å². The lowest BCUT2D eigenvalue weighted by atomic mass is 10.1. The maximum atomic E-state index is 11.0. The first-order chi connectivity index (χ1) is 4.88. The maximum absolute atomic E-state index is 11.0. The van der Waals surface area contributed by atoms with Gasteiger partial charge in [0.2, 0.25) is 0 Å². The zero-order chi connectivity index (χ0) is 6.97. The van der Waals surface area contributed by atoms with Crippen molar-refractivity contribution in [2.24, 2.45) is 0 Å². The van der Waals surface area contributed by atoms with Crippen molar-refractivity contribution in [3.05, 3.63) is 23.5 Å². The Morgan fingerprint density at radius 2 is 2.40 bits per heavy atom. The molecule has 0 saturated carbocycles. The molecule has 0 saturated heterocycles. The predicted octanol–water partition coefficient (Wildman–Crippen LogP) is 0.301. The Kier molecular flexibility index (Phi) is 1.03. The number of aromatic nitrogens is 1. The fraction of sp³-hybridized carbons (Fsp3) is 0.286. The van der Waals surface area contributed by atoms with Crippen LogP contribution in [0.25, 0.3) is 0 Å². The Hall–Kier alpha value is -1.25. The molecule has 0 aliphatic carbocycles. The van der Waals surface area contributed by atoms with Gasteiger partial charge in [-0.25, -0.2) is 0 Å². The van der Waals surface area contributed by atoms with Crippen molar-refractivity contribution in [3.8, 4) is 0 Å². The van der Waals surface area contributed by atoms with Gasteiger partial charge in [0.05, 0.1) is 0 Å². The lowest BCUT2D eigenvalue weighted by Gasteiger charge is -2.10. The monoisotopic (exact) mass is 136 g/mol. The van der Waals surface area contributed by atoms with Crippen LogP contribution in [-0.4, -0.2) is 17.4 Å². The van der Waals surface area contributed by atoms with E-state index in [0.29, 0.717) is 0 Å². The molecular weight excluding hydrogens is 128 g/mol. The fourth-order valence-corrected chi connectivity index (χ4v) is 1.22. The van der Waals surface area contributed by atoms with Crippen LogP contribution in [0.1, 0.15) is 16.1 Å². The number of nitrogens with one attached hydrogen (secondary N) is 2. The molecular formula is C7H8N2O. The summed E-state index contributed by atoms with van der Waals surface area (Å²) in [5.41, 5.74) is 1.86. The smallest absolute Gasteiger partial charge is 0.267 e. The molecule has 0 bridgehead atoms. The number of aromatic amines is 1. The van der Waals surface area contributed by atoms with Crippen LogP contribution in [0, 0.1) is 0 Å². The van der Waals surface area contributed by atoms with Gasteiger partial charge in [-0.3, -0.25) is 4.79 Å². The Morgan fingerprint density at radius 1 is 1.50 bits per heavy atom. The molecule has 1 aliphatic rings. The third-order valence-electron chi connectivity index (χ3n) is 1.74. The second-order valence-corrected chi connectivity index (χ2v) is 2.38. The van der Waals surface area contributed by atoms with Crippen LogP contribution in [0.2, 0.25) is 0 Å². The van der Waals surface area contributed by atoms with Gasteiger partial charge >= 0.3 is 0 Å². The average Bonchev–Trinajstić information content (AvgIpc) is 2.36. The highest BCUT2D eigenvalue weighted by Gasteiger charge is 2.16. The normalized spacial score (nSPS) is 16.2. The largest absolute Gasteiger partial charge is 0.357 e. The standard InChI is InChI=1S/C7H8N2O/c10-7-6-5(1-3-8-6)2-4-9-7/h1,3,8H,2,4H2,(H,9,10). The second-order valence-electron chi connectivity index (χ2n) is 2.38. The number of carbonyl (C=O) groups is 1. The Labute approximate surface area is 58.4 Å². The van der Waals surface area contributed by atoms with Crippen molar-refractivity contribution in [2.75, 3.05) is 6.54 Å². The number of hydrogen-bond acceptors (Lipinski definition) is 1. The van der Waals surface area contributed by atoms with Crippen molar-refractivity contribution in [1.29, 1.82) is 0 Å². The topological polar surface area (TPSA) is 44.9 Å². The second kappa shape index (κ2) is 1.87. The molecule has 3 heteroatoms. The molecule has 0 fully saturated rings. The maximum Gasteiger partial charge on any atom is 0.267 e. The third kappa shape index (κ3) is 0.635. The van der Waals surface area contributed by atoms with Gasteiger partial charge in [0.25, 0.3) is 5.91 Å². The summed E-state index contributed by atoms with van der Waals surface area (Å²) < 4.78 is 0. The number of fused-ring (bicyclic) bond motifs is 1. The third-order valence-corrected chi connectivity index (χ3v) is 1.74. The van der Waals surface area contributed by atoms with Gasteiger partial charge in [0.15, 0.2) is 0 Å². The highest BCUT2D eigenvalue weighted by Crippen LogP contribution is 2.10. The van der Waals surface area contributed by atoms with Crippen LogP contribution in [0.4, 0.5) is 0 Å². The molecule has 1 aliphatic heterocycles. The molecule has 0 atom stereocenters. The Balaban J connectivity index is 2.50. The summed E-state index contributed by atoms with van der Waals surface area (Å²) >= 11 is 0. The quantitative estimate of drug-likeness (QED) is 0.529. The minimum atomic E-state index is 0.0197. The van der Waals surface area contributed by atoms with Gasteiger partial charge in [-0.15, -0.1) is 0 Å². The van der Waals surface area contributed by atoms with Crippen LogP contribution in [-0.2, 0) is 6.42 Å². The number of carbonyl (C=O) groups excluding carboxylic acids is 1. The van der Waals surface area contributed by atoms with E-state index in [-0.39, 0.29) is 5.91 Å². The Morgan fingerprint density at radius 3 is 3.20 bits per heavy atom. The highest BCUT2D eigenvalue weighted by molar-refractivity contribution is 5.94. The molecule has 2 N–H and O–H groups in total. The summed E-state index contributed by atoms with van der Waals surface area (Å²) in [7, 11) is 0. The molecule has 52 valence electrons. The summed E-state index contributed by atoms with van der Waals surface area (Å²) in [5.74, 6) is 0.0197. The first-order valence-electron chi connectivity index (χ1n) is 3.32. The Bertz CT molecular complexity index is 264. The van der Waals surface area contributed by atoms with Crippen LogP contribution < -0.4 is 5.32 Å². The molecule has 1 amide bonds. The predicted molar refractivity (Wildman–Crippen MR) is 36.8 cm³/mol. The fourth-order valence-electron chi connectivity index (χ4n) is 1.22. The van der Waals surface area contributed by atoms with Gasteiger partial charge in [-0.05, 0) is 18.1 Å². The van der Waals surface area contributed by atoms with Gasteiger partial charge in [-0.2, -0.15) is 0 Å². The van der Waals surface area contributed by atoms with Gasteiger partial charge in [-0.1, -0.05) is 0 Å². The van der Waals surface area contributed by atoms with E-state index in [1.54, 1.807) is 6.20 Å². The molecule has 2 rings (SSSR count). The zero-order valence-corrected chi connectivity index (χ0v) is 5.48. The lowest BCUT2D eigenvalue weighted by Crippen LogP contribution is -2.31. The molecule has 1 aromatic rings. The highest BCUT2D eigenvalue weighted by atomic mass is 16.1. The van der Waals surface area contributed by atoms with Crippen molar-refractivity contribution >= 4 is 5.91 Å². The van der Waals surface area contributed by atoms with Crippen molar-refractivity contribution < 1.29 is 4.79 Å². The minimum Gasteiger partial charge on any atom is -0.357 e. The summed E-state index contributed by atoms with van der Waals surface area (Å²) in [5, 5.41) is 2.75. The van der Waals surface area contributed by atoms with E-state index in [9.17, 15) is 4.79 Å². The molecule has 0 spiro atoms. The van der Waals surface area contributed by atoms with Gasteiger partial charge in [0, 0.05) is 12.7 Å². The van der Waals surface area contributed by atoms with Gasteiger partial charge < -0.3 is 10.3 Å². The molecule has 0 unspecified atom stereocenters. The van der Waals surface area contributed by atoms with Crippen LogP contribution in [0.3, 0.4) is 0 Å². The van der Waals surface area contributed by atoms with E-state index < -0.39 is 0 Å². The molecule has 1 aromatic heterocycles. The molecule has 0 aromatic carbocycles. The van der Waals surface area contributed by atoms with E-state index >= 15 is 0 Å². The van der Waals surface area contributed by atoms with Crippen molar-refractivity contribution in [2.45, 2.75) is 6.42 Å². The van der Waals surface area contributed by atoms with E-state index in [1.807, 2.05) is 6.07 Å². The van der Waals surface area contributed by atoms with Gasteiger partial charge in [0.1, 0.15) is 5.69 Å². The summed E-state index contributed by atoms with van der Waals surface area (Å²) in [6, 6.07) is 1.95. The minimum absolute atomic E-state index is 0.0197. The molecule has 10 heavy (non-hydrogen) atoms. The summed E-state index contributed by atoms with van der Waals surface area (Å²) in [6.45, 7) is 0.768. The first kappa shape index (κ1) is 5.53. The lowest BCUT2D eigenvalue weighted by molar-refractivity contribution is 0.0941. The summed E-state index contributed by atoms with van der Waals surface area (Å²) in [4.78, 5) is 13.9.